The number of aryl methyl sites for hydroxylation is 2. The number of carbonyl (C=O) groups is 1. The highest BCUT2D eigenvalue weighted by Gasteiger charge is 2.52. The van der Waals surface area contributed by atoms with Crippen molar-refractivity contribution in [3.05, 3.63) is 46.6 Å². The third-order valence-corrected chi connectivity index (χ3v) is 5.88. The fraction of sp³-hybridized carbons (Fsp3) is 0.609. The smallest absolute Gasteiger partial charge is 0.195 e. The summed E-state index contributed by atoms with van der Waals surface area (Å²) < 4.78 is 17.7. The summed E-state index contributed by atoms with van der Waals surface area (Å²) in [5.74, 6) is 1.46. The molecule has 2 unspecified atom stereocenters. The number of carbonyl (C=O) groups excluding carboxylic acids is 1. The van der Waals surface area contributed by atoms with E-state index in [1.165, 1.54) is 0 Å². The Morgan fingerprint density at radius 3 is 2.53 bits per heavy atom. The van der Waals surface area contributed by atoms with E-state index in [9.17, 15) is 4.79 Å². The van der Waals surface area contributed by atoms with Crippen LogP contribution in [-0.2, 0) is 14.2 Å². The molecule has 0 radical (unpaired) electrons. The van der Waals surface area contributed by atoms with Gasteiger partial charge < -0.3 is 19.5 Å². The van der Waals surface area contributed by atoms with Crippen molar-refractivity contribution in [2.75, 3.05) is 27.9 Å². The van der Waals surface area contributed by atoms with E-state index in [-0.39, 0.29) is 5.78 Å². The van der Waals surface area contributed by atoms with Crippen LogP contribution < -0.4 is 5.32 Å². The van der Waals surface area contributed by atoms with Crippen LogP contribution in [0, 0.1) is 25.7 Å². The molecule has 1 heterocycles. The van der Waals surface area contributed by atoms with Gasteiger partial charge in [0.05, 0.1) is 14.2 Å². The molecule has 0 spiro atoms. The lowest BCUT2D eigenvalue weighted by Crippen LogP contribution is -2.49. The predicted octanol–water partition coefficient (Wildman–Crippen LogP) is 3.48. The summed E-state index contributed by atoms with van der Waals surface area (Å²) in [6.45, 7) is 6.46. The van der Waals surface area contributed by atoms with Gasteiger partial charge in [-0.1, -0.05) is 19.8 Å². The summed E-state index contributed by atoms with van der Waals surface area (Å²) >= 11 is 0. The molecule has 1 aromatic rings. The van der Waals surface area contributed by atoms with E-state index >= 15 is 0 Å². The Morgan fingerprint density at radius 2 is 1.97 bits per heavy atom. The zero-order valence-electron chi connectivity index (χ0n) is 18.9. The van der Waals surface area contributed by atoms with Crippen molar-refractivity contribution in [2.24, 2.45) is 11.8 Å². The molecule has 1 aromatic heterocycles. The average molecular weight is 416 g/mol. The van der Waals surface area contributed by atoms with Crippen LogP contribution >= 0.6 is 0 Å². The fourth-order valence-electron chi connectivity index (χ4n) is 4.14. The van der Waals surface area contributed by atoms with E-state index in [4.69, 9.17) is 14.2 Å². The predicted molar refractivity (Wildman–Crippen MR) is 114 cm³/mol. The summed E-state index contributed by atoms with van der Waals surface area (Å²) in [5, 5.41) is 3.39. The van der Waals surface area contributed by atoms with Gasteiger partial charge in [-0.25, -0.2) is 9.97 Å². The molecule has 30 heavy (non-hydrogen) atoms. The molecule has 1 saturated carbocycles. The first-order chi connectivity index (χ1) is 14.4. The van der Waals surface area contributed by atoms with Crippen molar-refractivity contribution in [3.63, 3.8) is 0 Å². The minimum Gasteiger partial charge on any atom is -0.498 e. The number of ketones is 1. The Balaban J connectivity index is 2.18. The Morgan fingerprint density at radius 1 is 1.23 bits per heavy atom. The van der Waals surface area contributed by atoms with Gasteiger partial charge in [0.15, 0.2) is 5.78 Å². The third-order valence-electron chi connectivity index (χ3n) is 5.88. The quantitative estimate of drug-likeness (QED) is 0.586. The molecule has 0 aliphatic heterocycles. The Kier molecular flexibility index (Phi) is 6.81. The lowest BCUT2D eigenvalue weighted by molar-refractivity contribution is -0.0304. The van der Waals surface area contributed by atoms with Crippen molar-refractivity contribution in [2.45, 2.75) is 52.1 Å². The molecule has 7 heteroatoms. The monoisotopic (exact) mass is 415 g/mol. The normalized spacial score (nSPS) is 23.8. The number of Topliss-reactive ketones (excluding diaryl/α,β-unsaturated/α-hetero) is 1. The molecule has 2 aliphatic carbocycles. The third kappa shape index (κ3) is 4.21. The molecule has 3 rings (SSSR count). The van der Waals surface area contributed by atoms with Gasteiger partial charge in [-0.15, -0.1) is 0 Å². The summed E-state index contributed by atoms with van der Waals surface area (Å²) in [5.41, 5.74) is 0.981. The molecular weight excluding hydrogens is 382 g/mol. The van der Waals surface area contributed by atoms with Gasteiger partial charge in [-0.3, -0.25) is 4.79 Å². The van der Waals surface area contributed by atoms with Crippen LogP contribution in [0.3, 0.4) is 0 Å². The number of methoxy groups -OCH3 is 3. The first kappa shape index (κ1) is 22.3. The zero-order valence-corrected chi connectivity index (χ0v) is 18.9. The number of ether oxygens (including phenoxy) is 3. The summed E-state index contributed by atoms with van der Waals surface area (Å²) in [7, 11) is 4.88. The molecule has 0 saturated heterocycles. The number of aromatic nitrogens is 2. The van der Waals surface area contributed by atoms with Crippen molar-refractivity contribution in [1.82, 2.24) is 15.3 Å². The number of hydrogen-bond donors (Lipinski definition) is 1. The van der Waals surface area contributed by atoms with Crippen LogP contribution in [0.4, 0.5) is 0 Å². The Bertz CT molecular complexity index is 860. The van der Waals surface area contributed by atoms with E-state index in [2.05, 4.69) is 22.2 Å². The van der Waals surface area contributed by atoms with Gasteiger partial charge in [-0.2, -0.15) is 0 Å². The van der Waals surface area contributed by atoms with Crippen LogP contribution in [0.15, 0.2) is 29.5 Å². The molecule has 164 valence electrons. The second-order valence-corrected chi connectivity index (χ2v) is 8.14. The lowest BCUT2D eigenvalue weighted by Gasteiger charge is -2.41. The van der Waals surface area contributed by atoms with Gasteiger partial charge in [0.2, 0.25) is 0 Å². The Labute approximate surface area is 178 Å². The van der Waals surface area contributed by atoms with Crippen LogP contribution in [0.2, 0.25) is 0 Å². The van der Waals surface area contributed by atoms with Crippen LogP contribution in [-0.4, -0.2) is 49.2 Å². The minimum absolute atomic E-state index is 0.125. The highest BCUT2D eigenvalue weighted by molar-refractivity contribution is 6.00. The average Bonchev–Trinajstić information content (AvgIpc) is 3.56. The van der Waals surface area contributed by atoms with Crippen molar-refractivity contribution < 1.29 is 19.0 Å². The molecule has 7 nitrogen and oxygen atoms in total. The number of nitrogens with one attached hydrogen (secondary N) is 1. The molecular formula is C23H33N3O4. The lowest BCUT2D eigenvalue weighted by atomic mass is 9.73. The standard InChI is InChI=1S/C23H33N3O4/c1-7-10-24-20-17(28-4)12-23(30-6,11-16-8-9-16)18(22(20)29-5)21(27)19-14(2)13-25-15(3)26-19/h12-13,16,18,24H,7-11H2,1-6H3. The number of rotatable bonds is 10. The van der Waals surface area contributed by atoms with Crippen LogP contribution in [0.1, 0.15) is 54.5 Å². The van der Waals surface area contributed by atoms with Crippen LogP contribution in [0.5, 0.6) is 0 Å². The molecule has 0 bridgehead atoms. The first-order valence-corrected chi connectivity index (χ1v) is 10.6. The van der Waals surface area contributed by atoms with Crippen molar-refractivity contribution in [1.29, 1.82) is 0 Å². The van der Waals surface area contributed by atoms with Crippen molar-refractivity contribution in [3.8, 4) is 0 Å². The highest BCUT2D eigenvalue weighted by atomic mass is 16.5. The molecule has 1 fully saturated rings. The summed E-state index contributed by atoms with van der Waals surface area (Å²) in [6.07, 6.45) is 7.58. The largest absolute Gasteiger partial charge is 0.498 e. The molecule has 1 N–H and O–H groups in total. The van der Waals surface area contributed by atoms with Crippen molar-refractivity contribution >= 4 is 5.78 Å². The van der Waals surface area contributed by atoms with E-state index in [1.54, 1.807) is 34.4 Å². The van der Waals surface area contributed by atoms with Gasteiger partial charge in [0, 0.05) is 19.9 Å². The van der Waals surface area contributed by atoms with E-state index < -0.39 is 11.5 Å². The maximum absolute atomic E-state index is 14.0. The molecule has 0 amide bonds. The fourth-order valence-corrected chi connectivity index (χ4v) is 4.14. The molecule has 2 aliphatic rings. The summed E-state index contributed by atoms with van der Waals surface area (Å²) in [4.78, 5) is 22.6. The SMILES string of the molecule is CCCNC1=C(OC)C(C(=O)c2nc(C)ncc2C)C(CC2CC2)(OC)C=C1OC. The summed E-state index contributed by atoms with van der Waals surface area (Å²) in [6, 6.07) is 0. The Hall–Kier alpha value is -2.41. The topological polar surface area (TPSA) is 82.6 Å². The second-order valence-electron chi connectivity index (χ2n) is 8.14. The first-order valence-electron chi connectivity index (χ1n) is 10.6. The van der Waals surface area contributed by atoms with E-state index in [1.807, 2.05) is 13.0 Å². The molecule has 2 atom stereocenters. The van der Waals surface area contributed by atoms with Gasteiger partial charge in [0.1, 0.15) is 40.3 Å². The van der Waals surface area contributed by atoms with Gasteiger partial charge in [0.25, 0.3) is 0 Å². The highest BCUT2D eigenvalue weighted by Crippen LogP contribution is 2.48. The van der Waals surface area contributed by atoms with Gasteiger partial charge in [-0.05, 0) is 44.2 Å². The molecule has 0 aromatic carbocycles. The van der Waals surface area contributed by atoms with Gasteiger partial charge >= 0.3 is 0 Å². The van der Waals surface area contributed by atoms with Crippen LogP contribution in [0.25, 0.3) is 0 Å². The van der Waals surface area contributed by atoms with E-state index in [0.29, 0.717) is 34.7 Å². The second kappa shape index (κ2) is 9.16. The minimum atomic E-state index is -0.863. The zero-order chi connectivity index (χ0) is 21.9. The number of nitrogens with zero attached hydrogens (tertiary/aromatic N) is 2. The number of hydrogen-bond acceptors (Lipinski definition) is 7. The maximum Gasteiger partial charge on any atom is 0.195 e. The van der Waals surface area contributed by atoms with E-state index in [0.717, 1.165) is 37.8 Å². The maximum atomic E-state index is 14.0.